The smallest absolute Gasteiger partial charge is 0.410 e. The van der Waals surface area contributed by atoms with Crippen LogP contribution >= 0.6 is 0 Å². The molecule has 2 aliphatic rings. The molecule has 0 bridgehead atoms. The van der Waals surface area contributed by atoms with E-state index in [4.69, 9.17) is 4.74 Å². The molecule has 2 aliphatic heterocycles. The number of hydrogen-bond donors (Lipinski definition) is 0. The molecule has 4 heteroatoms. The molecule has 1 atom stereocenters. The molecule has 1 amide bonds. The molecule has 3 rings (SSSR count). The Bertz CT molecular complexity index is 615. The summed E-state index contributed by atoms with van der Waals surface area (Å²) in [5.74, 6) is 0. The fourth-order valence-electron chi connectivity index (χ4n) is 3.83. The van der Waals surface area contributed by atoms with Gasteiger partial charge in [0.15, 0.2) is 0 Å². The minimum atomic E-state index is -0.449. The summed E-state index contributed by atoms with van der Waals surface area (Å²) in [7, 11) is 0. The van der Waals surface area contributed by atoms with Gasteiger partial charge in [0.1, 0.15) is 5.60 Å². The fourth-order valence-corrected chi connectivity index (χ4v) is 3.83. The molecule has 25 heavy (non-hydrogen) atoms. The van der Waals surface area contributed by atoms with Crippen LogP contribution in [0, 0.1) is 0 Å². The molecule has 1 aromatic rings. The number of ether oxygens (including phenoxy) is 1. The molecule has 2 heterocycles. The predicted octanol–water partition coefficient (Wildman–Crippen LogP) is 4.35. The quantitative estimate of drug-likeness (QED) is 0.799. The minimum Gasteiger partial charge on any atom is -0.444 e. The van der Waals surface area contributed by atoms with Gasteiger partial charge >= 0.3 is 6.09 Å². The molecule has 1 aromatic carbocycles. The first-order valence-corrected chi connectivity index (χ1v) is 9.64. The zero-order valence-electron chi connectivity index (χ0n) is 16.2. The normalized spacial score (nSPS) is 21.8. The van der Waals surface area contributed by atoms with E-state index in [1.165, 1.54) is 49.0 Å². The van der Waals surface area contributed by atoms with Gasteiger partial charge in [-0.3, -0.25) is 4.90 Å². The number of fused-ring (bicyclic) bond motifs is 1. The van der Waals surface area contributed by atoms with Gasteiger partial charge in [-0.1, -0.05) is 24.6 Å². The molecule has 0 aliphatic carbocycles. The van der Waals surface area contributed by atoms with Crippen LogP contribution in [0.5, 0.6) is 0 Å². The van der Waals surface area contributed by atoms with Crippen molar-refractivity contribution in [2.24, 2.45) is 0 Å². The van der Waals surface area contributed by atoms with Crippen LogP contribution in [0.4, 0.5) is 4.79 Å². The highest BCUT2D eigenvalue weighted by molar-refractivity contribution is 5.69. The molecular formula is C21H32N2O2. The summed E-state index contributed by atoms with van der Waals surface area (Å²) in [6, 6.07) is 6.97. The highest BCUT2D eigenvalue weighted by atomic mass is 16.6. The van der Waals surface area contributed by atoms with Gasteiger partial charge in [0.2, 0.25) is 0 Å². The Morgan fingerprint density at radius 2 is 1.88 bits per heavy atom. The first-order valence-electron chi connectivity index (χ1n) is 9.64. The Kier molecular flexibility index (Phi) is 5.38. The second kappa shape index (κ2) is 7.36. The van der Waals surface area contributed by atoms with E-state index in [0.717, 1.165) is 13.0 Å². The van der Waals surface area contributed by atoms with Gasteiger partial charge in [-0.2, -0.15) is 0 Å². The number of rotatable bonds is 2. The number of amides is 1. The summed E-state index contributed by atoms with van der Waals surface area (Å²) in [5, 5.41) is 0. The first-order chi connectivity index (χ1) is 11.8. The average Bonchev–Trinajstić information content (AvgIpc) is 2.53. The van der Waals surface area contributed by atoms with E-state index in [9.17, 15) is 4.79 Å². The molecule has 138 valence electrons. The summed E-state index contributed by atoms with van der Waals surface area (Å²) in [6.45, 7) is 12.0. The van der Waals surface area contributed by atoms with Crippen molar-refractivity contribution in [1.82, 2.24) is 9.80 Å². The number of piperidine rings is 1. The third kappa shape index (κ3) is 4.75. The molecule has 0 N–H and O–H groups in total. The maximum Gasteiger partial charge on any atom is 0.410 e. The second-order valence-corrected chi connectivity index (χ2v) is 8.60. The molecule has 1 unspecified atom stereocenters. The van der Waals surface area contributed by atoms with E-state index in [1.54, 1.807) is 0 Å². The lowest BCUT2D eigenvalue weighted by Gasteiger charge is -2.36. The van der Waals surface area contributed by atoms with Crippen molar-refractivity contribution in [2.75, 3.05) is 13.1 Å². The molecule has 1 fully saturated rings. The maximum atomic E-state index is 12.5. The van der Waals surface area contributed by atoms with Crippen molar-refractivity contribution in [1.29, 1.82) is 0 Å². The third-order valence-corrected chi connectivity index (χ3v) is 5.14. The van der Waals surface area contributed by atoms with E-state index in [2.05, 4.69) is 30.0 Å². The summed E-state index contributed by atoms with van der Waals surface area (Å²) in [6.07, 6.45) is 4.73. The lowest BCUT2D eigenvalue weighted by molar-refractivity contribution is 0.0138. The number of nitrogens with zero attached hydrogens (tertiary/aromatic N) is 2. The van der Waals surface area contributed by atoms with Crippen LogP contribution in [-0.4, -0.2) is 40.6 Å². The van der Waals surface area contributed by atoms with Crippen molar-refractivity contribution in [3.63, 3.8) is 0 Å². The Balaban J connectivity index is 1.68. The summed E-state index contributed by atoms with van der Waals surface area (Å²) in [4.78, 5) is 16.9. The largest absolute Gasteiger partial charge is 0.444 e. The van der Waals surface area contributed by atoms with Crippen LogP contribution in [0.3, 0.4) is 0 Å². The standard InChI is InChI=1S/C21H32N2O2/c1-16-12-19-13-17(14-22-10-6-5-7-11-22)8-9-18(19)15-23(16)20(24)25-21(2,3)4/h8-9,13,16H,5-7,10-12,14-15H2,1-4H3. The van der Waals surface area contributed by atoms with Crippen LogP contribution in [0.1, 0.15) is 63.6 Å². The van der Waals surface area contributed by atoms with E-state index in [-0.39, 0.29) is 12.1 Å². The van der Waals surface area contributed by atoms with Crippen molar-refractivity contribution in [2.45, 2.75) is 78.1 Å². The lowest BCUT2D eigenvalue weighted by Crippen LogP contribution is -2.45. The molecule has 0 aromatic heterocycles. The Morgan fingerprint density at radius 1 is 1.16 bits per heavy atom. The maximum absolute atomic E-state index is 12.5. The zero-order chi connectivity index (χ0) is 18.0. The fraction of sp³-hybridized carbons (Fsp3) is 0.667. The summed E-state index contributed by atoms with van der Waals surface area (Å²) >= 11 is 0. The van der Waals surface area contributed by atoms with Crippen LogP contribution in [0.25, 0.3) is 0 Å². The highest BCUT2D eigenvalue weighted by Gasteiger charge is 2.30. The second-order valence-electron chi connectivity index (χ2n) is 8.60. The van der Waals surface area contributed by atoms with Crippen LogP contribution in [-0.2, 0) is 24.2 Å². The Hall–Kier alpha value is -1.55. The molecular weight excluding hydrogens is 312 g/mol. The number of carbonyl (C=O) groups excluding carboxylic acids is 1. The number of carbonyl (C=O) groups is 1. The van der Waals surface area contributed by atoms with Crippen molar-refractivity contribution >= 4 is 6.09 Å². The van der Waals surface area contributed by atoms with Gasteiger partial charge in [0, 0.05) is 19.1 Å². The van der Waals surface area contributed by atoms with Crippen molar-refractivity contribution < 1.29 is 9.53 Å². The van der Waals surface area contributed by atoms with Gasteiger partial charge in [-0.15, -0.1) is 0 Å². The average molecular weight is 344 g/mol. The first kappa shape index (κ1) is 18.2. The highest BCUT2D eigenvalue weighted by Crippen LogP contribution is 2.27. The number of benzene rings is 1. The SMILES string of the molecule is CC1Cc2cc(CN3CCCCC3)ccc2CN1C(=O)OC(C)(C)C. The van der Waals surface area contributed by atoms with E-state index in [0.29, 0.717) is 6.54 Å². The number of hydrogen-bond acceptors (Lipinski definition) is 3. The zero-order valence-corrected chi connectivity index (χ0v) is 16.2. The van der Waals surface area contributed by atoms with Crippen LogP contribution in [0.2, 0.25) is 0 Å². The molecule has 4 nitrogen and oxygen atoms in total. The van der Waals surface area contributed by atoms with Gasteiger partial charge in [-0.25, -0.2) is 4.79 Å². The monoisotopic (exact) mass is 344 g/mol. The van der Waals surface area contributed by atoms with Gasteiger partial charge in [-0.05, 0) is 76.7 Å². The Labute approximate surface area is 152 Å². The van der Waals surface area contributed by atoms with E-state index in [1.807, 2.05) is 25.7 Å². The molecule has 1 saturated heterocycles. The topological polar surface area (TPSA) is 32.8 Å². The lowest BCUT2D eigenvalue weighted by atomic mass is 9.93. The van der Waals surface area contributed by atoms with Crippen molar-refractivity contribution in [3.8, 4) is 0 Å². The summed E-state index contributed by atoms with van der Waals surface area (Å²) < 4.78 is 5.57. The van der Waals surface area contributed by atoms with E-state index >= 15 is 0 Å². The van der Waals surface area contributed by atoms with Crippen molar-refractivity contribution in [3.05, 3.63) is 34.9 Å². The predicted molar refractivity (Wildman–Crippen MR) is 101 cm³/mol. The van der Waals surface area contributed by atoms with Gasteiger partial charge < -0.3 is 9.64 Å². The van der Waals surface area contributed by atoms with Crippen LogP contribution < -0.4 is 0 Å². The third-order valence-electron chi connectivity index (χ3n) is 5.14. The molecule has 0 radical (unpaired) electrons. The number of likely N-dealkylation sites (tertiary alicyclic amines) is 1. The minimum absolute atomic E-state index is 0.174. The molecule has 0 saturated carbocycles. The molecule has 0 spiro atoms. The van der Waals surface area contributed by atoms with Gasteiger partial charge in [0.05, 0.1) is 0 Å². The summed E-state index contributed by atoms with van der Waals surface area (Å²) in [5.41, 5.74) is 3.60. The van der Waals surface area contributed by atoms with E-state index < -0.39 is 5.60 Å². The van der Waals surface area contributed by atoms with Gasteiger partial charge in [0.25, 0.3) is 0 Å². The Morgan fingerprint density at radius 3 is 2.56 bits per heavy atom. The van der Waals surface area contributed by atoms with Crippen LogP contribution in [0.15, 0.2) is 18.2 Å².